The smallest absolute Gasteiger partial charge is 0.237 e. The van der Waals surface area contributed by atoms with E-state index in [0.29, 0.717) is 11.3 Å². The number of fused-ring (bicyclic) bond motifs is 12. The molecule has 70 heavy (non-hydrogen) atoms. The van der Waals surface area contributed by atoms with E-state index in [4.69, 9.17) is 15.5 Å². The van der Waals surface area contributed by atoms with Gasteiger partial charge in [-0.15, -0.1) is 0 Å². The summed E-state index contributed by atoms with van der Waals surface area (Å²) < 4.78 is 81.7. The molecule has 0 fully saturated rings. The molecule has 0 N–H and O–H groups in total. The molecule has 0 aliphatic heterocycles. The van der Waals surface area contributed by atoms with Gasteiger partial charge in [0, 0.05) is 66.0 Å². The average Bonchev–Trinajstić information content (AvgIpc) is 4.31. The lowest BCUT2D eigenvalue weighted by atomic mass is 9.93. The van der Waals surface area contributed by atoms with Gasteiger partial charge in [-0.1, -0.05) is 176 Å². The number of benzene rings is 10. The van der Waals surface area contributed by atoms with Gasteiger partial charge in [0.25, 0.3) is 0 Å². The fourth-order valence-electron chi connectivity index (χ4n) is 11.0. The van der Waals surface area contributed by atoms with Gasteiger partial charge in [0.05, 0.1) is 66.5 Å². The van der Waals surface area contributed by atoms with Crippen molar-refractivity contribution in [3.63, 3.8) is 0 Å². The minimum Gasteiger partial charge on any atom is -0.309 e. The van der Waals surface area contributed by atoms with Crippen molar-refractivity contribution in [1.82, 2.24) is 28.2 Å². The van der Waals surface area contributed by atoms with Gasteiger partial charge in [0.1, 0.15) is 5.82 Å². The number of hydrogen-bond donors (Lipinski definition) is 0. The Bertz CT molecular complexity index is 4910. The van der Waals surface area contributed by atoms with Crippen LogP contribution in [-0.2, 0) is 0 Å². The monoisotopic (exact) mass is 900 g/mol. The lowest BCUT2D eigenvalue weighted by Crippen LogP contribution is -2.09. The summed E-state index contributed by atoms with van der Waals surface area (Å²) in [5, 5.41) is 6.05. The molecule has 15 rings (SSSR count). The number of para-hydroxylation sites is 9. The van der Waals surface area contributed by atoms with Crippen molar-refractivity contribution in [3.8, 4) is 45.5 Å². The van der Waals surface area contributed by atoms with E-state index in [9.17, 15) is 5.48 Å². The van der Waals surface area contributed by atoms with Gasteiger partial charge in [-0.05, 0) is 66.2 Å². The summed E-state index contributed by atoms with van der Waals surface area (Å²) in [6.45, 7) is 0. The van der Waals surface area contributed by atoms with Crippen molar-refractivity contribution in [2.45, 2.75) is 0 Å². The van der Waals surface area contributed by atoms with Crippen LogP contribution in [0.4, 0.5) is 0 Å². The third kappa shape index (κ3) is 5.50. The van der Waals surface area contributed by atoms with Crippen molar-refractivity contribution in [1.29, 1.82) is 0 Å². The van der Waals surface area contributed by atoms with Crippen LogP contribution in [0.25, 0.3) is 133 Å². The quantitative estimate of drug-likeness (QED) is 0.167. The van der Waals surface area contributed by atoms with Crippen LogP contribution in [0.3, 0.4) is 0 Å². The van der Waals surface area contributed by atoms with Gasteiger partial charge >= 0.3 is 0 Å². The third-order valence-corrected chi connectivity index (χ3v) is 13.9. The lowest BCUT2D eigenvalue weighted by molar-refractivity contribution is 0.951. The molecule has 15 aromatic rings. The SMILES string of the molecule is [2H]c1c([2H])c([2H])c2c(c1[2H])c1c([2H])c([2H])c([2H])c([2H])c1n2-c1cc(-c2c(-c3cccc4c5ccccc5n(-c5ccccc5)c34)cccc2-n2c3ccccc3c3ccccc32)nc(-n2c3ccccc3c3ccccc32)n1. The van der Waals surface area contributed by atoms with E-state index in [1.165, 1.54) is 4.57 Å². The first-order valence-electron chi connectivity index (χ1n) is 27.2. The Morgan fingerprint density at radius 1 is 0.329 bits per heavy atom. The summed E-state index contributed by atoms with van der Waals surface area (Å²) >= 11 is 0. The van der Waals surface area contributed by atoms with Gasteiger partial charge in [-0.3, -0.25) is 9.13 Å². The van der Waals surface area contributed by atoms with E-state index in [-0.39, 0.29) is 33.6 Å². The number of rotatable bonds is 6. The minimum atomic E-state index is -0.528. The molecule has 0 saturated heterocycles. The van der Waals surface area contributed by atoms with Crippen LogP contribution in [0.2, 0.25) is 0 Å². The second-order valence-electron chi connectivity index (χ2n) is 17.5. The fourth-order valence-corrected chi connectivity index (χ4v) is 11.0. The summed E-state index contributed by atoms with van der Waals surface area (Å²) in [5.41, 5.74) is 10.1. The first-order valence-corrected chi connectivity index (χ1v) is 23.2. The summed E-state index contributed by atoms with van der Waals surface area (Å²) in [7, 11) is 0. The summed E-state index contributed by atoms with van der Waals surface area (Å²) in [6.07, 6.45) is 0. The van der Waals surface area contributed by atoms with Crippen molar-refractivity contribution in [2.75, 3.05) is 0 Å². The summed E-state index contributed by atoms with van der Waals surface area (Å²) in [6, 6.07) is 62.1. The Kier molecular flexibility index (Phi) is 6.74. The number of aromatic nitrogens is 6. The molecule has 5 heterocycles. The number of nitrogens with zero attached hydrogens (tertiary/aromatic N) is 6. The zero-order chi connectivity index (χ0) is 52.8. The second kappa shape index (κ2) is 15.0. The van der Waals surface area contributed by atoms with E-state index in [0.717, 1.165) is 87.9 Å². The largest absolute Gasteiger partial charge is 0.309 e. The molecule has 0 atom stereocenters. The number of hydrogen-bond acceptors (Lipinski definition) is 2. The Morgan fingerprint density at radius 2 is 0.786 bits per heavy atom. The van der Waals surface area contributed by atoms with Crippen LogP contribution in [0.15, 0.2) is 242 Å². The highest BCUT2D eigenvalue weighted by Gasteiger charge is 2.26. The maximum atomic E-state index is 9.58. The molecule has 0 radical (unpaired) electrons. The molecule has 0 aliphatic rings. The third-order valence-electron chi connectivity index (χ3n) is 13.9. The molecule has 0 amide bonds. The van der Waals surface area contributed by atoms with Gasteiger partial charge in [0.15, 0.2) is 0 Å². The van der Waals surface area contributed by atoms with Gasteiger partial charge in [-0.2, -0.15) is 4.98 Å². The highest BCUT2D eigenvalue weighted by Crippen LogP contribution is 2.46. The predicted molar refractivity (Wildman–Crippen MR) is 290 cm³/mol. The van der Waals surface area contributed by atoms with Crippen molar-refractivity contribution < 1.29 is 11.0 Å². The van der Waals surface area contributed by atoms with Crippen LogP contribution in [0, 0.1) is 0 Å². The van der Waals surface area contributed by atoms with Gasteiger partial charge in [-0.25, -0.2) is 4.98 Å². The maximum Gasteiger partial charge on any atom is 0.237 e. The van der Waals surface area contributed by atoms with Crippen LogP contribution in [0.5, 0.6) is 0 Å². The van der Waals surface area contributed by atoms with Gasteiger partial charge in [0.2, 0.25) is 5.95 Å². The van der Waals surface area contributed by atoms with Gasteiger partial charge < -0.3 is 9.13 Å². The van der Waals surface area contributed by atoms with E-state index >= 15 is 0 Å². The second-order valence-corrected chi connectivity index (χ2v) is 17.5. The van der Waals surface area contributed by atoms with E-state index < -0.39 is 48.3 Å². The van der Waals surface area contributed by atoms with E-state index in [2.05, 4.69) is 118 Å². The molecule has 10 aromatic carbocycles. The van der Waals surface area contributed by atoms with Crippen LogP contribution in [0.1, 0.15) is 11.0 Å². The van der Waals surface area contributed by atoms with Crippen LogP contribution in [-0.4, -0.2) is 28.2 Å². The molecular weight excluding hydrogens is 853 g/mol. The van der Waals surface area contributed by atoms with Crippen LogP contribution < -0.4 is 0 Å². The Morgan fingerprint density at radius 3 is 1.37 bits per heavy atom. The first kappa shape index (κ1) is 31.5. The molecule has 6 nitrogen and oxygen atoms in total. The summed E-state index contributed by atoms with van der Waals surface area (Å²) in [5.74, 6) is 0.336. The van der Waals surface area contributed by atoms with E-state index in [1.807, 2.05) is 83.4 Å². The Labute approximate surface area is 413 Å². The normalized spacial score (nSPS) is 13.6. The Balaban J connectivity index is 1.17. The maximum absolute atomic E-state index is 9.58. The zero-order valence-corrected chi connectivity index (χ0v) is 37.2. The molecule has 0 saturated carbocycles. The molecular formula is C64H40N6. The topological polar surface area (TPSA) is 45.5 Å². The minimum absolute atomic E-state index is 0.0473. The van der Waals surface area contributed by atoms with Crippen molar-refractivity contribution in [3.05, 3.63) is 242 Å². The molecule has 0 bridgehead atoms. The summed E-state index contributed by atoms with van der Waals surface area (Å²) in [4.78, 5) is 11.1. The van der Waals surface area contributed by atoms with Crippen molar-refractivity contribution in [2.24, 2.45) is 0 Å². The molecule has 326 valence electrons. The molecule has 0 aliphatic carbocycles. The highest BCUT2D eigenvalue weighted by atomic mass is 15.2. The average molecular weight is 901 g/mol. The zero-order valence-electron chi connectivity index (χ0n) is 45.2. The van der Waals surface area contributed by atoms with E-state index in [1.54, 1.807) is 6.07 Å². The molecule has 5 aromatic heterocycles. The fraction of sp³-hybridized carbons (Fsp3) is 0. The molecule has 0 spiro atoms. The molecule has 6 heteroatoms. The first-order chi connectivity index (χ1) is 38.1. The Hall–Kier alpha value is -9.52. The standard InChI is InChI=1S/C64H40N6/c1-2-20-41(21-3-1)67-53-32-11-10-28-48(53)50-30-18-31-51(63(50)67)49-29-19-39-60(68-54-33-12-4-22-42(54)43-23-5-13-34-55(43)68)62(49)52-40-61(69-56-35-14-6-24-44(56)45-25-7-15-36-57(45)69)66-64(65-52)70-58-37-16-8-26-46(58)47-27-9-17-38-59(47)70/h1-40H/i6D,7D,14D,15D,24D,25D,35D,36D. The predicted octanol–water partition coefficient (Wildman–Crippen LogP) is 16.2. The lowest BCUT2D eigenvalue weighted by Gasteiger charge is -2.21. The highest BCUT2D eigenvalue weighted by molar-refractivity contribution is 6.16. The van der Waals surface area contributed by atoms with Crippen molar-refractivity contribution >= 4 is 87.2 Å². The van der Waals surface area contributed by atoms with Crippen LogP contribution >= 0.6 is 0 Å². The molecule has 0 unspecified atom stereocenters.